The number of ether oxygens (including phenoxy) is 2. The van der Waals surface area contributed by atoms with E-state index in [1.807, 2.05) is 62.4 Å². The monoisotopic (exact) mass is 399 g/mol. The molecule has 28 heavy (non-hydrogen) atoms. The fourth-order valence-corrected chi connectivity index (χ4v) is 4.61. The molecule has 5 nitrogen and oxygen atoms in total. The zero-order valence-electron chi connectivity index (χ0n) is 16.4. The number of sulfonamides is 1. The Bertz CT molecular complexity index is 1060. The number of fused-ring (bicyclic) bond motifs is 1. The molecule has 0 atom stereocenters. The predicted molar refractivity (Wildman–Crippen MR) is 111 cm³/mol. The second-order valence-electron chi connectivity index (χ2n) is 6.36. The molecular weight excluding hydrogens is 374 g/mol. The molecule has 0 radical (unpaired) electrons. The number of benzene rings is 3. The van der Waals surface area contributed by atoms with Crippen LogP contribution < -0.4 is 9.47 Å². The molecule has 0 aliphatic heterocycles. The lowest BCUT2D eigenvalue weighted by Gasteiger charge is -2.21. The quantitative estimate of drug-likeness (QED) is 0.561. The topological polar surface area (TPSA) is 55.8 Å². The summed E-state index contributed by atoms with van der Waals surface area (Å²) in [7, 11) is -2.04. The molecule has 0 aliphatic rings. The maximum Gasteiger partial charge on any atom is 0.243 e. The Balaban J connectivity index is 1.91. The van der Waals surface area contributed by atoms with Crippen molar-refractivity contribution in [2.24, 2.45) is 0 Å². The minimum atomic E-state index is -3.62. The Labute approximate surface area is 166 Å². The third-order valence-corrected chi connectivity index (χ3v) is 6.52. The van der Waals surface area contributed by atoms with Crippen molar-refractivity contribution in [1.29, 1.82) is 0 Å². The zero-order chi connectivity index (χ0) is 20.1. The summed E-state index contributed by atoms with van der Waals surface area (Å²) >= 11 is 0. The molecule has 0 fully saturated rings. The molecule has 0 bridgehead atoms. The highest BCUT2D eigenvalue weighted by Gasteiger charge is 2.24. The van der Waals surface area contributed by atoms with Gasteiger partial charge in [-0.1, -0.05) is 43.3 Å². The molecule has 0 N–H and O–H groups in total. The van der Waals surface area contributed by atoms with Crippen molar-refractivity contribution in [3.05, 3.63) is 66.2 Å². The van der Waals surface area contributed by atoms with Gasteiger partial charge in [-0.15, -0.1) is 0 Å². The maximum atomic E-state index is 13.2. The minimum absolute atomic E-state index is 0.258. The second kappa shape index (κ2) is 8.63. The van der Waals surface area contributed by atoms with E-state index in [-0.39, 0.29) is 6.54 Å². The van der Waals surface area contributed by atoms with Crippen LogP contribution in [0.5, 0.6) is 11.5 Å². The van der Waals surface area contributed by atoms with Crippen molar-refractivity contribution in [2.75, 3.05) is 20.3 Å². The minimum Gasteiger partial charge on any atom is -0.493 e. The van der Waals surface area contributed by atoms with Gasteiger partial charge in [0.2, 0.25) is 10.0 Å². The van der Waals surface area contributed by atoms with E-state index < -0.39 is 10.0 Å². The van der Waals surface area contributed by atoms with Gasteiger partial charge in [0.05, 0.1) is 18.6 Å². The molecule has 3 aromatic rings. The maximum absolute atomic E-state index is 13.2. The first-order valence-electron chi connectivity index (χ1n) is 9.28. The molecule has 0 spiro atoms. The van der Waals surface area contributed by atoms with Crippen LogP contribution in [0.1, 0.15) is 19.4 Å². The first kappa shape index (κ1) is 20.2. The zero-order valence-corrected chi connectivity index (χ0v) is 17.2. The van der Waals surface area contributed by atoms with Gasteiger partial charge in [0, 0.05) is 13.1 Å². The second-order valence-corrected chi connectivity index (χ2v) is 8.30. The molecule has 148 valence electrons. The molecular formula is C22H25NO4S. The Kier molecular flexibility index (Phi) is 6.21. The van der Waals surface area contributed by atoms with Crippen molar-refractivity contribution in [1.82, 2.24) is 4.31 Å². The molecule has 6 heteroatoms. The van der Waals surface area contributed by atoms with E-state index in [4.69, 9.17) is 9.47 Å². The third kappa shape index (κ3) is 4.13. The summed E-state index contributed by atoms with van der Waals surface area (Å²) in [5, 5.41) is 1.92. The van der Waals surface area contributed by atoms with Crippen LogP contribution in [0.4, 0.5) is 0 Å². The molecule has 0 aliphatic carbocycles. The number of nitrogens with zero attached hydrogens (tertiary/aromatic N) is 1. The average molecular weight is 400 g/mol. The molecule has 0 saturated heterocycles. The summed E-state index contributed by atoms with van der Waals surface area (Å²) in [6, 6.07) is 18.5. The summed E-state index contributed by atoms with van der Waals surface area (Å²) in [5.41, 5.74) is 0.839. The van der Waals surface area contributed by atoms with Gasteiger partial charge in [0.1, 0.15) is 0 Å². The van der Waals surface area contributed by atoms with E-state index in [1.54, 1.807) is 19.2 Å². The van der Waals surface area contributed by atoms with E-state index >= 15 is 0 Å². The Morgan fingerprint density at radius 3 is 2.32 bits per heavy atom. The van der Waals surface area contributed by atoms with Gasteiger partial charge in [-0.25, -0.2) is 8.42 Å². The van der Waals surface area contributed by atoms with Gasteiger partial charge in [-0.2, -0.15) is 4.31 Å². The summed E-state index contributed by atoms with van der Waals surface area (Å²) in [6.07, 6.45) is 0. The largest absolute Gasteiger partial charge is 0.493 e. The Morgan fingerprint density at radius 1 is 0.893 bits per heavy atom. The van der Waals surface area contributed by atoms with Crippen molar-refractivity contribution in [2.45, 2.75) is 25.3 Å². The number of rotatable bonds is 8. The normalized spacial score (nSPS) is 11.7. The highest BCUT2D eigenvalue weighted by Crippen LogP contribution is 2.29. The van der Waals surface area contributed by atoms with Crippen LogP contribution in [-0.2, 0) is 16.6 Å². The van der Waals surface area contributed by atoms with Crippen LogP contribution in [0.3, 0.4) is 0 Å². The first-order chi connectivity index (χ1) is 13.5. The molecule has 3 aromatic carbocycles. The molecule has 0 saturated carbocycles. The summed E-state index contributed by atoms with van der Waals surface area (Å²) < 4.78 is 38.8. The fourth-order valence-electron chi connectivity index (χ4n) is 3.13. The Hall–Kier alpha value is -2.57. The first-order valence-corrected chi connectivity index (χ1v) is 10.7. The Morgan fingerprint density at radius 2 is 1.64 bits per heavy atom. The lowest BCUT2D eigenvalue weighted by atomic mass is 10.1. The van der Waals surface area contributed by atoms with E-state index in [0.29, 0.717) is 29.5 Å². The van der Waals surface area contributed by atoms with Crippen molar-refractivity contribution in [3.8, 4) is 11.5 Å². The van der Waals surface area contributed by atoms with Crippen LogP contribution in [0.2, 0.25) is 0 Å². The van der Waals surface area contributed by atoms with Crippen LogP contribution in [0, 0.1) is 0 Å². The van der Waals surface area contributed by atoms with Crippen LogP contribution in [0.25, 0.3) is 10.8 Å². The smallest absolute Gasteiger partial charge is 0.243 e. The van der Waals surface area contributed by atoms with Crippen LogP contribution >= 0.6 is 0 Å². The number of methoxy groups -OCH3 is 1. The summed E-state index contributed by atoms with van der Waals surface area (Å²) in [4.78, 5) is 0.297. The number of hydrogen-bond donors (Lipinski definition) is 0. The standard InChI is InChI=1S/C22H25NO4S/c1-4-23(16-17-10-13-21(27-5-2)22(14-17)26-3)28(24,25)20-12-11-18-8-6-7-9-19(18)15-20/h6-15H,4-5,16H2,1-3H3. The fraction of sp³-hybridized carbons (Fsp3) is 0.273. The van der Waals surface area contributed by atoms with E-state index in [9.17, 15) is 8.42 Å². The van der Waals surface area contributed by atoms with Gasteiger partial charge < -0.3 is 9.47 Å². The van der Waals surface area contributed by atoms with Crippen LogP contribution in [0.15, 0.2) is 65.6 Å². The number of hydrogen-bond acceptors (Lipinski definition) is 4. The highest BCUT2D eigenvalue weighted by atomic mass is 32.2. The van der Waals surface area contributed by atoms with Gasteiger partial charge in [-0.05, 0) is 47.5 Å². The van der Waals surface area contributed by atoms with Gasteiger partial charge in [0.15, 0.2) is 11.5 Å². The summed E-state index contributed by atoms with van der Waals surface area (Å²) in [5.74, 6) is 1.24. The van der Waals surface area contributed by atoms with Crippen molar-refractivity contribution >= 4 is 20.8 Å². The van der Waals surface area contributed by atoms with Crippen molar-refractivity contribution < 1.29 is 17.9 Å². The lowest BCUT2D eigenvalue weighted by Crippen LogP contribution is -2.30. The molecule has 0 aromatic heterocycles. The van der Waals surface area contributed by atoms with Crippen LogP contribution in [-0.4, -0.2) is 33.0 Å². The third-order valence-electron chi connectivity index (χ3n) is 4.60. The van der Waals surface area contributed by atoms with Gasteiger partial charge in [-0.3, -0.25) is 0 Å². The van der Waals surface area contributed by atoms with E-state index in [1.165, 1.54) is 4.31 Å². The predicted octanol–water partition coefficient (Wildman–Crippen LogP) is 4.46. The summed E-state index contributed by atoms with van der Waals surface area (Å²) in [6.45, 7) is 4.90. The van der Waals surface area contributed by atoms with Gasteiger partial charge >= 0.3 is 0 Å². The SMILES string of the molecule is CCOc1ccc(CN(CC)S(=O)(=O)c2ccc3ccccc3c2)cc1OC. The molecule has 0 unspecified atom stereocenters. The molecule has 0 heterocycles. The molecule has 3 rings (SSSR count). The van der Waals surface area contributed by atoms with E-state index in [0.717, 1.165) is 16.3 Å². The van der Waals surface area contributed by atoms with Crippen molar-refractivity contribution in [3.63, 3.8) is 0 Å². The highest BCUT2D eigenvalue weighted by molar-refractivity contribution is 7.89. The van der Waals surface area contributed by atoms with Gasteiger partial charge in [0.25, 0.3) is 0 Å². The van der Waals surface area contributed by atoms with E-state index in [2.05, 4.69) is 0 Å². The molecule has 0 amide bonds. The lowest BCUT2D eigenvalue weighted by molar-refractivity contribution is 0.310. The average Bonchev–Trinajstić information content (AvgIpc) is 2.72.